The number of amides is 1. The summed E-state index contributed by atoms with van der Waals surface area (Å²) in [6, 6.07) is 13.4. The number of carbonyl (C=O) groups excluding carboxylic acids is 1. The number of halogens is 2. The molecular weight excluding hydrogens is 388 g/mol. The number of fused-ring (bicyclic) bond motifs is 1. The smallest absolute Gasteiger partial charge is 0.274 e. The molecule has 1 heterocycles. The summed E-state index contributed by atoms with van der Waals surface area (Å²) in [5.41, 5.74) is 3.53. The zero-order valence-electron chi connectivity index (χ0n) is 16.5. The largest absolute Gasteiger partial charge is 0.395 e. The summed E-state index contributed by atoms with van der Waals surface area (Å²) in [6.07, 6.45) is 2.98. The van der Waals surface area contributed by atoms with Gasteiger partial charge in [0.1, 0.15) is 0 Å². The summed E-state index contributed by atoms with van der Waals surface area (Å²) in [4.78, 5) is 14.9. The third-order valence-corrected chi connectivity index (χ3v) is 5.45. The maximum atomic E-state index is 13.8. The van der Waals surface area contributed by atoms with E-state index in [0.717, 1.165) is 41.8 Å². The minimum Gasteiger partial charge on any atom is -0.395 e. The predicted octanol–water partition coefficient (Wildman–Crippen LogP) is 3.32. The van der Waals surface area contributed by atoms with E-state index in [1.165, 1.54) is 6.07 Å². The van der Waals surface area contributed by atoms with E-state index in [9.17, 15) is 18.7 Å². The lowest BCUT2D eigenvalue weighted by atomic mass is 10.1. The average molecular weight is 411 g/mol. The van der Waals surface area contributed by atoms with Crippen molar-refractivity contribution in [2.45, 2.75) is 25.7 Å². The maximum Gasteiger partial charge on any atom is 0.274 e. The number of hydrogen-bond donors (Lipinski definition) is 1. The van der Waals surface area contributed by atoms with Crippen LogP contribution in [-0.4, -0.2) is 45.4 Å². The van der Waals surface area contributed by atoms with E-state index >= 15 is 0 Å². The highest BCUT2D eigenvalue weighted by molar-refractivity contribution is 5.94. The zero-order chi connectivity index (χ0) is 21.1. The van der Waals surface area contributed by atoms with Gasteiger partial charge in [0.2, 0.25) is 0 Å². The Morgan fingerprint density at radius 1 is 1.07 bits per heavy atom. The van der Waals surface area contributed by atoms with Crippen molar-refractivity contribution in [1.82, 2.24) is 14.7 Å². The topological polar surface area (TPSA) is 58.4 Å². The van der Waals surface area contributed by atoms with Crippen LogP contribution in [0.3, 0.4) is 0 Å². The Balaban J connectivity index is 1.63. The number of aliphatic hydroxyl groups excluding tert-OH is 1. The molecular formula is C23H23F2N3O2. The number of carbonyl (C=O) groups is 1. The van der Waals surface area contributed by atoms with Crippen LogP contribution < -0.4 is 0 Å². The van der Waals surface area contributed by atoms with Gasteiger partial charge in [0.15, 0.2) is 17.3 Å². The molecule has 1 aliphatic rings. The van der Waals surface area contributed by atoms with Crippen LogP contribution in [0.25, 0.3) is 5.69 Å². The summed E-state index contributed by atoms with van der Waals surface area (Å²) in [7, 11) is 0. The predicted molar refractivity (Wildman–Crippen MR) is 109 cm³/mol. The van der Waals surface area contributed by atoms with Crippen molar-refractivity contribution in [3.8, 4) is 5.69 Å². The third kappa shape index (κ3) is 3.98. The lowest BCUT2D eigenvalue weighted by Gasteiger charge is -2.21. The van der Waals surface area contributed by atoms with Gasteiger partial charge in [-0.05, 0) is 43.4 Å². The van der Waals surface area contributed by atoms with Crippen LogP contribution in [0.15, 0.2) is 48.5 Å². The average Bonchev–Trinajstić information content (AvgIpc) is 3.36. The minimum absolute atomic E-state index is 0.146. The van der Waals surface area contributed by atoms with Crippen molar-refractivity contribution in [2.24, 2.45) is 0 Å². The van der Waals surface area contributed by atoms with E-state index in [1.54, 1.807) is 9.58 Å². The van der Waals surface area contributed by atoms with Crippen molar-refractivity contribution < 1.29 is 18.7 Å². The van der Waals surface area contributed by atoms with Crippen LogP contribution in [0.5, 0.6) is 0 Å². The molecule has 2 aromatic carbocycles. The van der Waals surface area contributed by atoms with Gasteiger partial charge in [0.05, 0.1) is 12.3 Å². The molecule has 4 rings (SSSR count). The molecule has 0 radical (unpaired) electrons. The molecule has 0 spiro atoms. The Morgan fingerprint density at radius 3 is 2.60 bits per heavy atom. The molecule has 1 aromatic heterocycles. The Morgan fingerprint density at radius 2 is 1.87 bits per heavy atom. The Kier molecular flexibility index (Phi) is 5.90. The van der Waals surface area contributed by atoms with Gasteiger partial charge < -0.3 is 10.0 Å². The van der Waals surface area contributed by atoms with Gasteiger partial charge in [-0.3, -0.25) is 4.79 Å². The van der Waals surface area contributed by atoms with E-state index in [0.29, 0.717) is 30.8 Å². The summed E-state index contributed by atoms with van der Waals surface area (Å²) in [5, 5.41) is 14.0. The molecule has 1 N–H and O–H groups in total. The van der Waals surface area contributed by atoms with Gasteiger partial charge in [0.25, 0.3) is 5.91 Å². The van der Waals surface area contributed by atoms with Crippen molar-refractivity contribution in [2.75, 3.05) is 19.7 Å². The number of aliphatic hydroxyl groups is 1. The van der Waals surface area contributed by atoms with Crippen LogP contribution in [0, 0.1) is 11.6 Å². The van der Waals surface area contributed by atoms with E-state index in [-0.39, 0.29) is 19.1 Å². The SMILES string of the molecule is O=C(c1nn(-c2ccc(F)c(F)c2)c2c1CCC2)N(CCO)CCc1ccccc1. The lowest BCUT2D eigenvalue weighted by Crippen LogP contribution is -2.36. The number of nitrogens with zero attached hydrogens (tertiary/aromatic N) is 3. The molecule has 0 unspecified atom stereocenters. The summed E-state index contributed by atoms with van der Waals surface area (Å²) in [6.45, 7) is 0.515. The van der Waals surface area contributed by atoms with E-state index < -0.39 is 11.6 Å². The Labute approximate surface area is 173 Å². The molecule has 1 amide bonds. The summed E-state index contributed by atoms with van der Waals surface area (Å²) < 4.78 is 28.6. The van der Waals surface area contributed by atoms with E-state index in [2.05, 4.69) is 5.10 Å². The second-order valence-electron chi connectivity index (χ2n) is 7.39. The molecule has 0 bridgehead atoms. The molecule has 7 heteroatoms. The van der Waals surface area contributed by atoms with E-state index in [1.807, 2.05) is 30.3 Å². The molecule has 0 saturated carbocycles. The Hall–Kier alpha value is -3.06. The summed E-state index contributed by atoms with van der Waals surface area (Å²) >= 11 is 0. The fourth-order valence-electron chi connectivity index (χ4n) is 3.93. The quantitative estimate of drug-likeness (QED) is 0.649. The molecule has 3 aromatic rings. The first kappa shape index (κ1) is 20.2. The van der Waals surface area contributed by atoms with Gasteiger partial charge in [-0.1, -0.05) is 30.3 Å². The molecule has 0 aliphatic heterocycles. The highest BCUT2D eigenvalue weighted by Gasteiger charge is 2.29. The molecule has 156 valence electrons. The van der Waals surface area contributed by atoms with Crippen molar-refractivity contribution in [1.29, 1.82) is 0 Å². The standard InChI is InChI=1S/C23H23F2N3O2/c24-19-10-9-17(15-20(19)25)28-21-8-4-7-18(21)22(26-28)23(30)27(13-14-29)12-11-16-5-2-1-3-6-16/h1-3,5-6,9-10,15,29H,4,7-8,11-14H2. The maximum absolute atomic E-state index is 13.8. The van der Waals surface area contributed by atoms with Crippen LogP contribution >= 0.6 is 0 Å². The van der Waals surface area contributed by atoms with Gasteiger partial charge in [0, 0.05) is 30.4 Å². The van der Waals surface area contributed by atoms with Gasteiger partial charge in [-0.25, -0.2) is 13.5 Å². The number of aromatic nitrogens is 2. The second kappa shape index (κ2) is 8.75. The number of rotatable bonds is 7. The van der Waals surface area contributed by atoms with Gasteiger partial charge in [-0.15, -0.1) is 0 Å². The first-order valence-electron chi connectivity index (χ1n) is 10.1. The number of hydrogen-bond acceptors (Lipinski definition) is 3. The lowest BCUT2D eigenvalue weighted by molar-refractivity contribution is 0.0716. The zero-order valence-corrected chi connectivity index (χ0v) is 16.5. The minimum atomic E-state index is -0.951. The van der Waals surface area contributed by atoms with Crippen molar-refractivity contribution >= 4 is 5.91 Å². The first-order chi connectivity index (χ1) is 14.6. The highest BCUT2D eigenvalue weighted by atomic mass is 19.2. The molecule has 0 fully saturated rings. The molecule has 0 atom stereocenters. The highest BCUT2D eigenvalue weighted by Crippen LogP contribution is 2.29. The fraction of sp³-hybridized carbons (Fsp3) is 0.304. The fourth-order valence-corrected chi connectivity index (χ4v) is 3.93. The normalized spacial score (nSPS) is 12.8. The van der Waals surface area contributed by atoms with E-state index in [4.69, 9.17) is 0 Å². The molecule has 0 saturated heterocycles. The van der Waals surface area contributed by atoms with Crippen LogP contribution in [-0.2, 0) is 19.3 Å². The van der Waals surface area contributed by atoms with Crippen molar-refractivity contribution in [3.05, 3.63) is 82.7 Å². The van der Waals surface area contributed by atoms with Crippen LogP contribution in [0.4, 0.5) is 8.78 Å². The van der Waals surface area contributed by atoms with Crippen LogP contribution in [0.2, 0.25) is 0 Å². The van der Waals surface area contributed by atoms with Crippen molar-refractivity contribution in [3.63, 3.8) is 0 Å². The molecule has 5 nitrogen and oxygen atoms in total. The molecule has 1 aliphatic carbocycles. The third-order valence-electron chi connectivity index (χ3n) is 5.45. The molecule has 30 heavy (non-hydrogen) atoms. The first-order valence-corrected chi connectivity index (χ1v) is 10.1. The summed E-state index contributed by atoms with van der Waals surface area (Å²) in [5.74, 6) is -2.12. The Bertz CT molecular complexity index is 1050. The van der Waals surface area contributed by atoms with Gasteiger partial charge in [-0.2, -0.15) is 5.10 Å². The van der Waals surface area contributed by atoms with Gasteiger partial charge >= 0.3 is 0 Å². The monoisotopic (exact) mass is 411 g/mol. The van der Waals surface area contributed by atoms with Crippen LogP contribution in [0.1, 0.15) is 33.7 Å². The second-order valence-corrected chi connectivity index (χ2v) is 7.39. The number of benzene rings is 2.